The van der Waals surface area contributed by atoms with Crippen LogP contribution in [0, 0.1) is 11.3 Å². The maximum atomic E-state index is 12.3. The maximum Gasteiger partial charge on any atom is 0.225 e. The van der Waals surface area contributed by atoms with Gasteiger partial charge in [-0.1, -0.05) is 11.6 Å². The van der Waals surface area contributed by atoms with Gasteiger partial charge < -0.3 is 15.1 Å². The van der Waals surface area contributed by atoms with Crippen molar-refractivity contribution in [1.82, 2.24) is 19.2 Å². The molecule has 1 amide bonds. The number of nitrogens with one attached hydrogen (secondary N) is 1. The van der Waals surface area contributed by atoms with Crippen molar-refractivity contribution in [3.63, 3.8) is 0 Å². The minimum Gasteiger partial charge on any atom is -0.374 e. The van der Waals surface area contributed by atoms with E-state index in [1.807, 2.05) is 11.0 Å². The molecule has 130 valence electrons. The van der Waals surface area contributed by atoms with E-state index < -0.39 is 0 Å². The predicted molar refractivity (Wildman–Crippen MR) is 95.8 cm³/mol. The van der Waals surface area contributed by atoms with Crippen molar-refractivity contribution in [1.29, 1.82) is 5.26 Å². The molecule has 0 atom stereocenters. The zero-order valence-corrected chi connectivity index (χ0v) is 14.9. The van der Waals surface area contributed by atoms with Gasteiger partial charge in [-0.2, -0.15) is 9.64 Å². The Balaban J connectivity index is 1.45. The molecular formula is C15H16ClN7OS. The molecule has 2 aromatic heterocycles. The van der Waals surface area contributed by atoms with Gasteiger partial charge in [-0.15, -0.1) is 0 Å². The van der Waals surface area contributed by atoms with E-state index >= 15 is 0 Å². The lowest BCUT2D eigenvalue weighted by Crippen LogP contribution is -2.49. The zero-order chi connectivity index (χ0) is 17.6. The van der Waals surface area contributed by atoms with Gasteiger partial charge in [-0.05, 0) is 17.6 Å². The van der Waals surface area contributed by atoms with Crippen LogP contribution in [-0.2, 0) is 4.79 Å². The summed E-state index contributed by atoms with van der Waals surface area (Å²) in [5, 5.41) is 12.9. The Morgan fingerprint density at radius 1 is 1.32 bits per heavy atom. The normalized spacial score (nSPS) is 14.2. The molecule has 0 aliphatic carbocycles. The van der Waals surface area contributed by atoms with Gasteiger partial charge in [-0.25, -0.2) is 9.97 Å². The highest BCUT2D eigenvalue weighted by Gasteiger charge is 2.22. The Morgan fingerprint density at radius 2 is 2.04 bits per heavy atom. The number of aromatic nitrogens is 3. The van der Waals surface area contributed by atoms with Gasteiger partial charge in [0.25, 0.3) is 0 Å². The first-order valence-corrected chi connectivity index (χ1v) is 8.93. The highest BCUT2D eigenvalue weighted by atomic mass is 35.5. The van der Waals surface area contributed by atoms with Gasteiger partial charge in [0.2, 0.25) is 11.9 Å². The molecule has 10 heteroatoms. The summed E-state index contributed by atoms with van der Waals surface area (Å²) in [5.74, 6) is 0.776. The lowest BCUT2D eigenvalue weighted by Gasteiger charge is -2.34. The molecule has 3 rings (SSSR count). The Bertz CT molecular complexity index is 768. The number of hydrogen-bond donors (Lipinski definition) is 1. The molecule has 1 aliphatic rings. The minimum absolute atomic E-state index is 0.0789. The summed E-state index contributed by atoms with van der Waals surface area (Å²) in [7, 11) is 0. The first kappa shape index (κ1) is 17.4. The van der Waals surface area contributed by atoms with Crippen LogP contribution in [0.2, 0.25) is 5.15 Å². The van der Waals surface area contributed by atoms with Gasteiger partial charge in [0.1, 0.15) is 16.6 Å². The molecule has 0 aromatic carbocycles. The average molecular weight is 378 g/mol. The van der Waals surface area contributed by atoms with E-state index in [4.69, 9.17) is 16.9 Å². The summed E-state index contributed by atoms with van der Waals surface area (Å²) >= 11 is 6.94. The van der Waals surface area contributed by atoms with E-state index in [-0.39, 0.29) is 11.1 Å². The molecule has 25 heavy (non-hydrogen) atoms. The fourth-order valence-corrected chi connectivity index (χ4v) is 3.50. The van der Waals surface area contributed by atoms with Gasteiger partial charge in [0, 0.05) is 51.5 Å². The van der Waals surface area contributed by atoms with Crippen molar-refractivity contribution in [2.45, 2.75) is 6.42 Å². The Labute approximate surface area is 154 Å². The summed E-state index contributed by atoms with van der Waals surface area (Å²) in [5.41, 5.74) is 0.329. The molecule has 1 saturated heterocycles. The number of rotatable bonds is 5. The number of piperazine rings is 1. The zero-order valence-electron chi connectivity index (χ0n) is 13.4. The number of nitriles is 1. The van der Waals surface area contributed by atoms with Crippen molar-refractivity contribution in [3.8, 4) is 6.07 Å². The van der Waals surface area contributed by atoms with E-state index in [0.29, 0.717) is 55.7 Å². The Hall–Kier alpha value is -2.44. The largest absolute Gasteiger partial charge is 0.374 e. The predicted octanol–water partition coefficient (Wildman–Crippen LogP) is 1.61. The number of anilines is 2. The molecular weight excluding hydrogens is 362 g/mol. The molecule has 8 nitrogen and oxygen atoms in total. The molecule has 0 unspecified atom stereocenters. The summed E-state index contributed by atoms with van der Waals surface area (Å²) < 4.78 is 3.92. The van der Waals surface area contributed by atoms with Gasteiger partial charge >= 0.3 is 0 Å². The lowest BCUT2D eigenvalue weighted by atomic mass is 10.2. The SMILES string of the molecule is N#Cc1c(Cl)nsc1NCCC(=O)N1CCN(c2ncccn2)CC1. The highest BCUT2D eigenvalue weighted by molar-refractivity contribution is 7.10. The van der Waals surface area contributed by atoms with Crippen molar-refractivity contribution >= 4 is 40.0 Å². The molecule has 1 fully saturated rings. The van der Waals surface area contributed by atoms with Crippen molar-refractivity contribution < 1.29 is 4.79 Å². The van der Waals surface area contributed by atoms with E-state index in [1.54, 1.807) is 18.5 Å². The summed E-state index contributed by atoms with van der Waals surface area (Å²) in [6.07, 6.45) is 3.78. The van der Waals surface area contributed by atoms with Crippen molar-refractivity contribution in [2.75, 3.05) is 42.9 Å². The fourth-order valence-electron chi connectivity index (χ4n) is 2.54. The van der Waals surface area contributed by atoms with Gasteiger partial charge in [0.15, 0.2) is 5.15 Å². The van der Waals surface area contributed by atoms with Gasteiger partial charge in [0.05, 0.1) is 0 Å². The van der Waals surface area contributed by atoms with Crippen LogP contribution in [-0.4, -0.2) is 57.9 Å². The molecule has 1 N–H and O–H groups in total. The van der Waals surface area contributed by atoms with Crippen molar-refractivity contribution in [3.05, 3.63) is 29.2 Å². The molecule has 0 saturated carbocycles. The van der Waals surface area contributed by atoms with Crippen LogP contribution in [0.3, 0.4) is 0 Å². The van der Waals surface area contributed by atoms with Crippen LogP contribution in [0.25, 0.3) is 0 Å². The molecule has 3 heterocycles. The van der Waals surface area contributed by atoms with Crippen LogP contribution in [0.4, 0.5) is 10.9 Å². The first-order chi connectivity index (χ1) is 12.2. The quantitative estimate of drug-likeness (QED) is 0.845. The second-order valence-corrected chi connectivity index (χ2v) is 6.51. The van der Waals surface area contributed by atoms with E-state index in [2.05, 4.69) is 24.6 Å². The second-order valence-electron chi connectivity index (χ2n) is 5.38. The third-order valence-electron chi connectivity index (χ3n) is 3.85. The van der Waals surface area contributed by atoms with E-state index in [0.717, 1.165) is 11.5 Å². The molecule has 0 bridgehead atoms. The fraction of sp³-hybridized carbons (Fsp3) is 0.400. The van der Waals surface area contributed by atoms with Gasteiger partial charge in [-0.3, -0.25) is 4.79 Å². The lowest BCUT2D eigenvalue weighted by molar-refractivity contribution is -0.131. The Morgan fingerprint density at radius 3 is 2.72 bits per heavy atom. The molecule has 2 aromatic rings. The topological polar surface area (TPSA) is 98.0 Å². The third kappa shape index (κ3) is 4.15. The third-order valence-corrected chi connectivity index (χ3v) is 5.03. The van der Waals surface area contributed by atoms with E-state index in [9.17, 15) is 4.79 Å². The number of halogens is 1. The summed E-state index contributed by atoms with van der Waals surface area (Å²) in [6.45, 7) is 3.16. The number of amides is 1. The average Bonchev–Trinajstić information content (AvgIpc) is 3.02. The van der Waals surface area contributed by atoms with Crippen LogP contribution < -0.4 is 10.2 Å². The standard InChI is InChI=1S/C15H16ClN7OS/c16-13-11(10-17)14(25-21-13)18-5-2-12(24)22-6-8-23(9-7-22)15-19-3-1-4-20-15/h1,3-4,18H,2,5-9H2. The molecule has 0 spiro atoms. The summed E-state index contributed by atoms with van der Waals surface area (Å²) in [4.78, 5) is 24.7. The Kier molecular flexibility index (Phi) is 5.63. The minimum atomic E-state index is 0.0789. The summed E-state index contributed by atoms with van der Waals surface area (Å²) in [6, 6.07) is 3.79. The van der Waals surface area contributed by atoms with Crippen LogP contribution >= 0.6 is 23.1 Å². The number of hydrogen-bond acceptors (Lipinski definition) is 8. The van der Waals surface area contributed by atoms with Crippen LogP contribution in [0.5, 0.6) is 0 Å². The highest BCUT2D eigenvalue weighted by Crippen LogP contribution is 2.27. The smallest absolute Gasteiger partial charge is 0.225 e. The number of carbonyl (C=O) groups is 1. The first-order valence-electron chi connectivity index (χ1n) is 7.78. The monoisotopic (exact) mass is 377 g/mol. The van der Waals surface area contributed by atoms with Crippen LogP contribution in [0.15, 0.2) is 18.5 Å². The van der Waals surface area contributed by atoms with E-state index in [1.165, 1.54) is 0 Å². The van der Waals surface area contributed by atoms with Crippen LogP contribution in [0.1, 0.15) is 12.0 Å². The number of carbonyl (C=O) groups excluding carboxylic acids is 1. The second kappa shape index (κ2) is 8.09. The van der Waals surface area contributed by atoms with Crippen molar-refractivity contribution in [2.24, 2.45) is 0 Å². The molecule has 1 aliphatic heterocycles. The molecule has 0 radical (unpaired) electrons. The maximum absolute atomic E-state index is 12.3. The number of nitrogens with zero attached hydrogens (tertiary/aromatic N) is 6.